The second-order valence-electron chi connectivity index (χ2n) is 5.63. The van der Waals surface area contributed by atoms with Crippen LogP contribution in [0, 0.1) is 0 Å². The number of hydrogen-bond donors (Lipinski definition) is 2. The number of hydrogen-bond acceptors (Lipinski definition) is 2. The van der Waals surface area contributed by atoms with E-state index >= 15 is 0 Å². The Bertz CT molecular complexity index is 921. The van der Waals surface area contributed by atoms with Gasteiger partial charge < -0.3 is 14.6 Å². The van der Waals surface area contributed by atoms with Crippen LogP contribution in [-0.4, -0.2) is 21.7 Å². The number of benzene rings is 2. The third-order valence-electron chi connectivity index (χ3n) is 4.27. The van der Waals surface area contributed by atoms with Crippen molar-refractivity contribution in [3.05, 3.63) is 60.7 Å². The first-order valence-electron chi connectivity index (χ1n) is 7.51. The van der Waals surface area contributed by atoms with Gasteiger partial charge in [0.2, 0.25) is 0 Å². The molecule has 3 nitrogen and oxygen atoms in total. The van der Waals surface area contributed by atoms with Crippen LogP contribution in [0.4, 0.5) is 0 Å². The fraction of sp³-hybridized carbons (Fsp3) is 0.111. The Labute approximate surface area is 128 Å². The molecule has 2 N–H and O–H groups in total. The number of aromatic nitrogens is 1. The highest BCUT2D eigenvalue weighted by molar-refractivity contribution is 6.59. The average Bonchev–Trinajstić information content (AvgIpc) is 2.89. The van der Waals surface area contributed by atoms with Crippen molar-refractivity contribution >= 4 is 40.1 Å². The molecule has 2 aromatic carbocycles. The summed E-state index contributed by atoms with van der Waals surface area (Å²) in [5.41, 5.74) is 4.05. The molecule has 0 amide bonds. The Morgan fingerprint density at radius 1 is 0.955 bits per heavy atom. The normalized spacial score (nSPS) is 14.5. The standard InChI is InChI=1S/C18H16BNO2/c21-19(22)13-10-11-18-16(12-13)15-8-4-5-9-17(15)20(18)14-6-2-1-3-7-14/h1-2,4-6,8-12,21-22H,3,7H2. The Balaban J connectivity index is 2.09. The molecule has 22 heavy (non-hydrogen) atoms. The Morgan fingerprint density at radius 2 is 1.77 bits per heavy atom. The second kappa shape index (κ2) is 5.16. The van der Waals surface area contributed by atoms with Gasteiger partial charge in [-0.15, -0.1) is 0 Å². The van der Waals surface area contributed by atoms with Gasteiger partial charge in [0.25, 0.3) is 0 Å². The van der Waals surface area contributed by atoms with Crippen LogP contribution in [0.25, 0.3) is 27.5 Å². The Kier molecular flexibility index (Phi) is 3.14. The summed E-state index contributed by atoms with van der Waals surface area (Å²) in [5, 5.41) is 21.1. The van der Waals surface area contributed by atoms with Crippen LogP contribution in [0.15, 0.2) is 60.7 Å². The maximum atomic E-state index is 9.44. The minimum absolute atomic E-state index is 0.521. The first-order valence-corrected chi connectivity index (χ1v) is 7.51. The van der Waals surface area contributed by atoms with Crippen molar-refractivity contribution in [3.8, 4) is 0 Å². The minimum Gasteiger partial charge on any atom is -0.423 e. The van der Waals surface area contributed by atoms with Crippen LogP contribution in [0.3, 0.4) is 0 Å². The molecule has 0 saturated heterocycles. The number of allylic oxidation sites excluding steroid dienone is 4. The van der Waals surface area contributed by atoms with Gasteiger partial charge in [-0.2, -0.15) is 0 Å². The number of nitrogens with zero attached hydrogens (tertiary/aromatic N) is 1. The molecule has 0 atom stereocenters. The maximum absolute atomic E-state index is 9.44. The molecule has 0 spiro atoms. The topological polar surface area (TPSA) is 45.4 Å². The fourth-order valence-corrected chi connectivity index (χ4v) is 3.24. The SMILES string of the molecule is OB(O)c1ccc2c(c1)c1ccccc1n2C1=CC=CCC1. The van der Waals surface area contributed by atoms with Crippen molar-refractivity contribution < 1.29 is 10.0 Å². The van der Waals surface area contributed by atoms with Crippen LogP contribution in [0.1, 0.15) is 12.8 Å². The molecule has 108 valence electrons. The molecule has 1 heterocycles. The molecular formula is C18H16BNO2. The zero-order chi connectivity index (χ0) is 15.1. The van der Waals surface area contributed by atoms with E-state index in [0.29, 0.717) is 5.46 Å². The van der Waals surface area contributed by atoms with Gasteiger partial charge in [0.1, 0.15) is 0 Å². The van der Waals surface area contributed by atoms with Gasteiger partial charge in [-0.3, -0.25) is 0 Å². The van der Waals surface area contributed by atoms with Crippen LogP contribution in [0.2, 0.25) is 0 Å². The van der Waals surface area contributed by atoms with Gasteiger partial charge in [-0.05, 0) is 36.5 Å². The molecular weight excluding hydrogens is 273 g/mol. The van der Waals surface area contributed by atoms with E-state index in [2.05, 4.69) is 34.9 Å². The molecule has 4 heteroatoms. The quantitative estimate of drug-likeness (QED) is 0.712. The van der Waals surface area contributed by atoms with Crippen molar-refractivity contribution in [2.75, 3.05) is 0 Å². The molecule has 4 rings (SSSR count). The van der Waals surface area contributed by atoms with Crippen molar-refractivity contribution in [3.63, 3.8) is 0 Å². The summed E-state index contributed by atoms with van der Waals surface area (Å²) in [6.45, 7) is 0. The van der Waals surface area contributed by atoms with Gasteiger partial charge in [-0.25, -0.2) is 0 Å². The lowest BCUT2D eigenvalue weighted by molar-refractivity contribution is 0.426. The van der Waals surface area contributed by atoms with Crippen LogP contribution < -0.4 is 5.46 Å². The smallest absolute Gasteiger partial charge is 0.423 e. The molecule has 1 aliphatic carbocycles. The number of rotatable bonds is 2. The summed E-state index contributed by atoms with van der Waals surface area (Å²) in [5.74, 6) is 0. The van der Waals surface area contributed by atoms with Crippen LogP contribution >= 0.6 is 0 Å². The van der Waals surface area contributed by atoms with E-state index in [-0.39, 0.29) is 0 Å². The van der Waals surface area contributed by atoms with E-state index in [1.54, 1.807) is 6.07 Å². The summed E-state index contributed by atoms with van der Waals surface area (Å²) in [6, 6.07) is 13.9. The maximum Gasteiger partial charge on any atom is 0.488 e. The zero-order valence-electron chi connectivity index (χ0n) is 12.1. The highest BCUT2D eigenvalue weighted by atomic mass is 16.4. The molecule has 1 aromatic heterocycles. The van der Waals surface area contributed by atoms with Crippen LogP contribution in [0.5, 0.6) is 0 Å². The van der Waals surface area contributed by atoms with Gasteiger partial charge >= 0.3 is 7.12 Å². The lowest BCUT2D eigenvalue weighted by Crippen LogP contribution is -2.29. The molecule has 1 aliphatic rings. The van der Waals surface area contributed by atoms with E-state index in [0.717, 1.165) is 34.6 Å². The monoisotopic (exact) mass is 289 g/mol. The first kappa shape index (κ1) is 13.4. The molecule has 0 fully saturated rings. The lowest BCUT2D eigenvalue weighted by Gasteiger charge is -2.13. The minimum atomic E-state index is -1.44. The van der Waals surface area contributed by atoms with E-state index in [4.69, 9.17) is 0 Å². The predicted octanol–water partition coefficient (Wildman–Crippen LogP) is 2.67. The molecule has 0 bridgehead atoms. The molecule has 0 saturated carbocycles. The average molecular weight is 289 g/mol. The lowest BCUT2D eigenvalue weighted by atomic mass is 9.80. The van der Waals surface area contributed by atoms with E-state index < -0.39 is 7.12 Å². The molecule has 0 unspecified atom stereocenters. The van der Waals surface area contributed by atoms with E-state index in [1.807, 2.05) is 24.3 Å². The van der Waals surface area contributed by atoms with E-state index in [1.165, 1.54) is 5.70 Å². The number of fused-ring (bicyclic) bond motifs is 3. The van der Waals surface area contributed by atoms with Crippen molar-refractivity contribution in [1.82, 2.24) is 4.57 Å². The Hall–Kier alpha value is -2.30. The first-order chi connectivity index (χ1) is 10.8. The summed E-state index contributed by atoms with van der Waals surface area (Å²) < 4.78 is 2.28. The second-order valence-corrected chi connectivity index (χ2v) is 5.63. The third kappa shape index (κ3) is 2.00. The van der Waals surface area contributed by atoms with Crippen molar-refractivity contribution in [1.29, 1.82) is 0 Å². The van der Waals surface area contributed by atoms with Gasteiger partial charge in [0, 0.05) is 16.5 Å². The van der Waals surface area contributed by atoms with Gasteiger partial charge in [0.15, 0.2) is 0 Å². The highest BCUT2D eigenvalue weighted by Crippen LogP contribution is 2.33. The van der Waals surface area contributed by atoms with E-state index in [9.17, 15) is 10.0 Å². The summed E-state index contributed by atoms with van der Waals surface area (Å²) >= 11 is 0. The van der Waals surface area contributed by atoms with Crippen LogP contribution in [-0.2, 0) is 0 Å². The third-order valence-corrected chi connectivity index (χ3v) is 4.27. The summed E-state index contributed by atoms with van der Waals surface area (Å²) in [7, 11) is -1.44. The molecule has 3 aromatic rings. The predicted molar refractivity (Wildman–Crippen MR) is 91.9 cm³/mol. The largest absolute Gasteiger partial charge is 0.488 e. The molecule has 0 radical (unpaired) electrons. The highest BCUT2D eigenvalue weighted by Gasteiger charge is 2.17. The summed E-state index contributed by atoms with van der Waals surface area (Å²) in [4.78, 5) is 0. The van der Waals surface area contributed by atoms with Gasteiger partial charge in [0.05, 0.1) is 11.0 Å². The zero-order valence-corrected chi connectivity index (χ0v) is 12.1. The van der Waals surface area contributed by atoms with Crippen molar-refractivity contribution in [2.45, 2.75) is 12.8 Å². The number of para-hydroxylation sites is 1. The fourth-order valence-electron chi connectivity index (χ4n) is 3.24. The van der Waals surface area contributed by atoms with Gasteiger partial charge in [-0.1, -0.05) is 42.5 Å². The summed E-state index contributed by atoms with van der Waals surface area (Å²) in [6.07, 6.45) is 8.50. The van der Waals surface area contributed by atoms with Crippen molar-refractivity contribution in [2.24, 2.45) is 0 Å². The molecule has 0 aliphatic heterocycles. The Morgan fingerprint density at radius 3 is 2.55 bits per heavy atom.